The van der Waals surface area contributed by atoms with Crippen molar-refractivity contribution in [3.63, 3.8) is 0 Å². The van der Waals surface area contributed by atoms with Crippen molar-refractivity contribution in [2.24, 2.45) is 5.92 Å². The van der Waals surface area contributed by atoms with Crippen molar-refractivity contribution in [2.45, 2.75) is 51.7 Å². The molecule has 2 rings (SSSR count). The molecular weight excluding hydrogens is 232 g/mol. The van der Waals surface area contributed by atoms with Crippen LogP contribution in [0.3, 0.4) is 0 Å². The lowest BCUT2D eigenvalue weighted by atomic mass is 9.94. The molecule has 0 aromatic carbocycles. The Kier molecular flexibility index (Phi) is 3.62. The zero-order valence-electron chi connectivity index (χ0n) is 11.1. The number of ether oxygens (including phenoxy) is 1. The molecule has 0 saturated carbocycles. The third kappa shape index (κ3) is 2.90. The van der Waals surface area contributed by atoms with Crippen LogP contribution in [0.25, 0.3) is 0 Å². The largest absolute Gasteiger partial charge is 0.387 e. The van der Waals surface area contributed by atoms with Gasteiger partial charge in [0.05, 0.1) is 18.8 Å². The van der Waals surface area contributed by atoms with Crippen molar-refractivity contribution < 1.29 is 9.84 Å². The average molecular weight is 254 g/mol. The van der Waals surface area contributed by atoms with Crippen LogP contribution in [0.5, 0.6) is 0 Å². The lowest BCUT2D eigenvalue weighted by Crippen LogP contribution is -2.11. The van der Waals surface area contributed by atoms with E-state index < -0.39 is 0 Å². The van der Waals surface area contributed by atoms with Gasteiger partial charge >= 0.3 is 0 Å². The fourth-order valence-corrected chi connectivity index (χ4v) is 3.36. The third-order valence-electron chi connectivity index (χ3n) is 3.33. The van der Waals surface area contributed by atoms with E-state index in [0.717, 1.165) is 11.3 Å². The Morgan fingerprint density at radius 3 is 2.59 bits per heavy atom. The maximum Gasteiger partial charge on any atom is 0.0933 e. The second-order valence-electron chi connectivity index (χ2n) is 6.04. The number of aliphatic hydroxyl groups is 1. The van der Waals surface area contributed by atoms with Crippen molar-refractivity contribution in [3.05, 3.63) is 21.9 Å². The number of rotatable bonds is 2. The van der Waals surface area contributed by atoms with E-state index in [-0.39, 0.29) is 23.5 Å². The molecule has 2 heterocycles. The molecule has 17 heavy (non-hydrogen) atoms. The van der Waals surface area contributed by atoms with Gasteiger partial charge in [-0.05, 0) is 30.9 Å². The molecule has 1 aromatic heterocycles. The van der Waals surface area contributed by atoms with E-state index in [1.807, 2.05) is 0 Å². The Bertz CT molecular complexity index is 378. The summed E-state index contributed by atoms with van der Waals surface area (Å²) in [4.78, 5) is 2.41. The average Bonchev–Trinajstić information content (AvgIpc) is 2.83. The molecule has 1 saturated heterocycles. The van der Waals surface area contributed by atoms with E-state index >= 15 is 0 Å². The maximum absolute atomic E-state index is 10.3. The predicted octanol–water partition coefficient (Wildman–Crippen LogP) is 3.50. The second-order valence-corrected chi connectivity index (χ2v) is 7.15. The molecule has 1 aliphatic rings. The predicted molar refractivity (Wildman–Crippen MR) is 71.5 cm³/mol. The number of aliphatic hydroxyl groups excluding tert-OH is 1. The minimum Gasteiger partial charge on any atom is -0.387 e. The van der Waals surface area contributed by atoms with Crippen LogP contribution in [0.1, 0.15) is 50.0 Å². The maximum atomic E-state index is 10.3. The van der Waals surface area contributed by atoms with Gasteiger partial charge < -0.3 is 9.84 Å². The van der Waals surface area contributed by atoms with Gasteiger partial charge in [-0.2, -0.15) is 0 Å². The van der Waals surface area contributed by atoms with Crippen molar-refractivity contribution in [1.82, 2.24) is 0 Å². The highest BCUT2D eigenvalue weighted by Crippen LogP contribution is 2.37. The van der Waals surface area contributed by atoms with E-state index in [1.54, 1.807) is 11.3 Å². The molecule has 1 fully saturated rings. The molecule has 3 unspecified atom stereocenters. The third-order valence-corrected chi connectivity index (χ3v) is 4.92. The minimum atomic E-state index is -0.360. The Balaban J connectivity index is 2.09. The first kappa shape index (κ1) is 13.1. The van der Waals surface area contributed by atoms with Gasteiger partial charge in [0.15, 0.2) is 0 Å². The summed E-state index contributed by atoms with van der Waals surface area (Å²) in [6.07, 6.45) is 0.891. The second kappa shape index (κ2) is 4.71. The summed E-state index contributed by atoms with van der Waals surface area (Å²) in [5.41, 5.74) is 0.169. The molecule has 2 nitrogen and oxygen atoms in total. The Morgan fingerprint density at radius 2 is 2.12 bits per heavy atom. The zero-order chi connectivity index (χ0) is 12.6. The monoisotopic (exact) mass is 254 g/mol. The van der Waals surface area contributed by atoms with Crippen LogP contribution in [0.2, 0.25) is 0 Å². The van der Waals surface area contributed by atoms with Gasteiger partial charge in [-0.15, -0.1) is 11.3 Å². The van der Waals surface area contributed by atoms with Gasteiger partial charge in [-0.3, -0.25) is 0 Å². The first-order chi connectivity index (χ1) is 7.88. The molecule has 0 amide bonds. The molecule has 3 heteroatoms. The van der Waals surface area contributed by atoms with Gasteiger partial charge in [0, 0.05) is 15.7 Å². The normalized spacial score (nSPS) is 27.4. The minimum absolute atomic E-state index is 0.169. The molecular formula is C14H22O2S. The summed E-state index contributed by atoms with van der Waals surface area (Å²) in [6, 6.07) is 4.21. The Morgan fingerprint density at radius 1 is 1.41 bits per heavy atom. The SMILES string of the molecule is CC1CC(C(O)c2ccc(C(C)(C)C)s2)CO1. The van der Waals surface area contributed by atoms with Crippen LogP contribution in [-0.4, -0.2) is 17.8 Å². The molecule has 0 spiro atoms. The highest BCUT2D eigenvalue weighted by Gasteiger charge is 2.30. The lowest BCUT2D eigenvalue weighted by Gasteiger charge is -2.17. The van der Waals surface area contributed by atoms with Crippen LogP contribution >= 0.6 is 11.3 Å². The van der Waals surface area contributed by atoms with E-state index in [9.17, 15) is 5.11 Å². The van der Waals surface area contributed by atoms with Crippen molar-refractivity contribution in [3.8, 4) is 0 Å². The van der Waals surface area contributed by atoms with Gasteiger partial charge in [-0.25, -0.2) is 0 Å². The Labute approximate surface area is 108 Å². The van der Waals surface area contributed by atoms with Crippen LogP contribution in [-0.2, 0) is 10.2 Å². The van der Waals surface area contributed by atoms with Crippen LogP contribution < -0.4 is 0 Å². The first-order valence-electron chi connectivity index (χ1n) is 6.28. The van der Waals surface area contributed by atoms with Gasteiger partial charge in [-0.1, -0.05) is 20.8 Å². The standard InChI is InChI=1S/C14H22O2S/c1-9-7-10(8-16-9)13(15)11-5-6-12(17-11)14(2,3)4/h5-6,9-10,13,15H,7-8H2,1-4H3. The molecule has 1 N–H and O–H groups in total. The smallest absolute Gasteiger partial charge is 0.0933 e. The number of thiophene rings is 1. The zero-order valence-corrected chi connectivity index (χ0v) is 11.9. The van der Waals surface area contributed by atoms with Crippen LogP contribution in [0.15, 0.2) is 12.1 Å². The van der Waals surface area contributed by atoms with E-state index in [1.165, 1.54) is 4.88 Å². The van der Waals surface area contributed by atoms with Crippen molar-refractivity contribution in [1.29, 1.82) is 0 Å². The van der Waals surface area contributed by atoms with Gasteiger partial charge in [0.2, 0.25) is 0 Å². The number of hydrogen-bond acceptors (Lipinski definition) is 3. The van der Waals surface area contributed by atoms with Crippen molar-refractivity contribution in [2.75, 3.05) is 6.61 Å². The van der Waals surface area contributed by atoms with E-state index in [4.69, 9.17) is 4.74 Å². The Hall–Kier alpha value is -0.380. The summed E-state index contributed by atoms with van der Waals surface area (Å²) in [7, 11) is 0. The summed E-state index contributed by atoms with van der Waals surface area (Å²) in [5.74, 6) is 0.261. The van der Waals surface area contributed by atoms with E-state index in [0.29, 0.717) is 6.61 Å². The molecule has 3 atom stereocenters. The summed E-state index contributed by atoms with van der Waals surface area (Å²) >= 11 is 1.73. The summed E-state index contributed by atoms with van der Waals surface area (Å²) < 4.78 is 5.53. The van der Waals surface area contributed by atoms with Gasteiger partial charge in [0.1, 0.15) is 0 Å². The molecule has 0 aliphatic carbocycles. The van der Waals surface area contributed by atoms with Gasteiger partial charge in [0.25, 0.3) is 0 Å². The van der Waals surface area contributed by atoms with Crippen LogP contribution in [0, 0.1) is 5.92 Å². The fraction of sp³-hybridized carbons (Fsp3) is 0.714. The van der Waals surface area contributed by atoms with E-state index in [2.05, 4.69) is 39.8 Å². The molecule has 1 aromatic rings. The topological polar surface area (TPSA) is 29.5 Å². The van der Waals surface area contributed by atoms with Crippen molar-refractivity contribution >= 4 is 11.3 Å². The first-order valence-corrected chi connectivity index (χ1v) is 7.09. The molecule has 0 radical (unpaired) electrons. The highest BCUT2D eigenvalue weighted by atomic mass is 32.1. The fourth-order valence-electron chi connectivity index (χ4n) is 2.22. The summed E-state index contributed by atoms with van der Waals surface area (Å²) in [6.45, 7) is 9.37. The molecule has 96 valence electrons. The summed E-state index contributed by atoms with van der Waals surface area (Å²) in [5, 5.41) is 10.3. The van der Waals surface area contributed by atoms with Crippen LogP contribution in [0.4, 0.5) is 0 Å². The highest BCUT2D eigenvalue weighted by molar-refractivity contribution is 7.12. The molecule has 0 bridgehead atoms. The molecule has 1 aliphatic heterocycles. The quantitative estimate of drug-likeness (QED) is 0.875. The lowest BCUT2D eigenvalue weighted by molar-refractivity contribution is 0.0822. The number of hydrogen-bond donors (Lipinski definition) is 1.